The van der Waals surface area contributed by atoms with Gasteiger partial charge in [-0.25, -0.2) is 0 Å². The first-order valence-electron chi connectivity index (χ1n) is 15.1. The van der Waals surface area contributed by atoms with Gasteiger partial charge in [0.15, 0.2) is 0 Å². The Labute approximate surface area is 243 Å². The standard InChI is InChI=1S/C36H48N4/c1-5-39(6-2)33-25-21-31(22-26-33)17-11-9-15-29-37-35-19-13-14-20-36(35)38-30-16-10-12-18-32-23-27-34(28-24-32)40(7-3)8-4/h9-12,15-18,21-30,35-36H,5-8,13-14,19-20H2,1-4H3/b15-9+,16-10+,17-11+,18-12+,37-29?,38-30?/t35-,36-/m1/s1. The fraction of sp³-hybridized carbons (Fsp3) is 0.389. The highest BCUT2D eigenvalue weighted by Crippen LogP contribution is 2.23. The van der Waals surface area contributed by atoms with Gasteiger partial charge in [-0.05, 0) is 88.1 Å². The van der Waals surface area contributed by atoms with Crippen LogP contribution in [0, 0.1) is 0 Å². The van der Waals surface area contributed by atoms with Gasteiger partial charge in [0.2, 0.25) is 0 Å². The van der Waals surface area contributed by atoms with Crippen LogP contribution in [0.1, 0.15) is 64.5 Å². The van der Waals surface area contributed by atoms with Gasteiger partial charge < -0.3 is 9.80 Å². The Hall–Kier alpha value is -3.66. The Bertz CT molecular complexity index is 1050. The fourth-order valence-electron chi connectivity index (χ4n) is 5.09. The maximum Gasteiger partial charge on any atom is 0.0722 e. The molecule has 0 radical (unpaired) electrons. The Kier molecular flexibility index (Phi) is 13.8. The molecule has 1 saturated carbocycles. The van der Waals surface area contributed by atoms with Crippen molar-refractivity contribution in [3.63, 3.8) is 0 Å². The molecule has 2 aromatic rings. The molecule has 0 bridgehead atoms. The molecule has 0 saturated heterocycles. The molecule has 0 aliphatic heterocycles. The van der Waals surface area contributed by atoms with Crippen LogP contribution < -0.4 is 9.80 Å². The molecule has 0 heterocycles. The topological polar surface area (TPSA) is 31.2 Å². The predicted molar refractivity (Wildman–Crippen MR) is 179 cm³/mol. The second-order valence-electron chi connectivity index (χ2n) is 10.0. The van der Waals surface area contributed by atoms with Crippen molar-refractivity contribution in [1.29, 1.82) is 0 Å². The zero-order valence-corrected chi connectivity index (χ0v) is 25.0. The summed E-state index contributed by atoms with van der Waals surface area (Å²) in [6.07, 6.45) is 25.1. The smallest absolute Gasteiger partial charge is 0.0722 e. The highest BCUT2D eigenvalue weighted by molar-refractivity contribution is 5.73. The molecule has 0 amide bonds. The van der Waals surface area contributed by atoms with Crippen LogP contribution in [0.4, 0.5) is 11.4 Å². The van der Waals surface area contributed by atoms with E-state index < -0.39 is 0 Å². The molecule has 4 heteroatoms. The van der Waals surface area contributed by atoms with Crippen molar-refractivity contribution in [3.05, 3.63) is 96.1 Å². The molecule has 3 rings (SSSR count). The van der Waals surface area contributed by atoms with Gasteiger partial charge in [0.25, 0.3) is 0 Å². The van der Waals surface area contributed by atoms with Crippen LogP contribution in [-0.4, -0.2) is 50.7 Å². The number of hydrogen-bond donors (Lipinski definition) is 0. The largest absolute Gasteiger partial charge is 0.372 e. The molecule has 0 aromatic heterocycles. The summed E-state index contributed by atoms with van der Waals surface area (Å²) < 4.78 is 0. The van der Waals surface area contributed by atoms with E-state index in [0.717, 1.165) is 39.0 Å². The number of aliphatic imine (C=N–C) groups is 2. The Morgan fingerprint density at radius 1 is 0.550 bits per heavy atom. The number of rotatable bonds is 14. The molecular formula is C36H48N4. The Morgan fingerprint density at radius 2 is 0.925 bits per heavy atom. The fourth-order valence-corrected chi connectivity index (χ4v) is 5.09. The van der Waals surface area contributed by atoms with Crippen molar-refractivity contribution in [1.82, 2.24) is 0 Å². The highest BCUT2D eigenvalue weighted by Gasteiger charge is 2.22. The average molecular weight is 537 g/mol. The second kappa shape index (κ2) is 17.8. The van der Waals surface area contributed by atoms with E-state index in [0.29, 0.717) is 0 Å². The lowest BCUT2D eigenvalue weighted by Gasteiger charge is -2.25. The molecule has 1 fully saturated rings. The van der Waals surface area contributed by atoms with Gasteiger partial charge in [-0.3, -0.25) is 9.98 Å². The molecule has 1 aliphatic rings. The van der Waals surface area contributed by atoms with E-state index >= 15 is 0 Å². The van der Waals surface area contributed by atoms with Crippen molar-refractivity contribution in [3.8, 4) is 0 Å². The lowest BCUT2D eigenvalue weighted by molar-refractivity contribution is 0.390. The van der Waals surface area contributed by atoms with E-state index in [1.165, 1.54) is 35.3 Å². The minimum atomic E-state index is 0.263. The summed E-state index contributed by atoms with van der Waals surface area (Å²) in [5, 5.41) is 0. The van der Waals surface area contributed by atoms with Gasteiger partial charge in [0.05, 0.1) is 12.1 Å². The lowest BCUT2D eigenvalue weighted by atomic mass is 9.91. The molecule has 40 heavy (non-hydrogen) atoms. The summed E-state index contributed by atoms with van der Waals surface area (Å²) in [6, 6.07) is 18.0. The highest BCUT2D eigenvalue weighted by atomic mass is 15.1. The maximum atomic E-state index is 4.84. The predicted octanol–water partition coefficient (Wildman–Crippen LogP) is 8.67. The van der Waals surface area contributed by atoms with Crippen LogP contribution in [0.5, 0.6) is 0 Å². The van der Waals surface area contributed by atoms with Crippen molar-refractivity contribution < 1.29 is 0 Å². The molecule has 0 spiro atoms. The van der Waals surface area contributed by atoms with E-state index in [1.54, 1.807) is 0 Å². The third kappa shape index (κ3) is 10.1. The minimum Gasteiger partial charge on any atom is -0.372 e. The molecule has 0 N–H and O–H groups in total. The third-order valence-corrected chi connectivity index (χ3v) is 7.49. The number of nitrogens with zero attached hydrogens (tertiary/aromatic N) is 4. The van der Waals surface area contributed by atoms with Crippen LogP contribution in [0.25, 0.3) is 12.2 Å². The second-order valence-corrected chi connectivity index (χ2v) is 10.0. The minimum absolute atomic E-state index is 0.263. The average Bonchev–Trinajstić information content (AvgIpc) is 3.00. The Morgan fingerprint density at radius 3 is 1.27 bits per heavy atom. The van der Waals surface area contributed by atoms with Gasteiger partial charge in [0.1, 0.15) is 0 Å². The molecule has 1 aliphatic carbocycles. The summed E-state index contributed by atoms with van der Waals surface area (Å²) in [7, 11) is 0. The summed E-state index contributed by atoms with van der Waals surface area (Å²) in [6.45, 7) is 12.9. The van der Waals surface area contributed by atoms with Crippen molar-refractivity contribution in [2.24, 2.45) is 9.98 Å². The normalized spacial score (nSPS) is 18.4. The van der Waals surface area contributed by atoms with Crippen molar-refractivity contribution in [2.75, 3.05) is 36.0 Å². The molecular weight excluding hydrogens is 488 g/mol. The summed E-state index contributed by atoms with van der Waals surface area (Å²) in [5.41, 5.74) is 4.96. The molecule has 2 atom stereocenters. The third-order valence-electron chi connectivity index (χ3n) is 7.49. The van der Waals surface area contributed by atoms with Crippen molar-refractivity contribution in [2.45, 2.75) is 65.5 Å². The van der Waals surface area contributed by atoms with E-state index in [2.05, 4.69) is 122 Å². The molecule has 0 unspecified atom stereocenters. The van der Waals surface area contributed by atoms with Gasteiger partial charge in [-0.15, -0.1) is 0 Å². The SMILES string of the molecule is CCN(CC)c1ccc(/C=C/C=C/C=N[C@@H]2CCCC[C@H]2N=C/C=C/C=C/c2ccc(N(CC)CC)cc2)cc1. The van der Waals surface area contributed by atoms with E-state index in [-0.39, 0.29) is 12.1 Å². The van der Waals surface area contributed by atoms with Crippen LogP contribution in [-0.2, 0) is 0 Å². The molecule has 2 aromatic carbocycles. The van der Waals surface area contributed by atoms with E-state index in [9.17, 15) is 0 Å². The quantitative estimate of drug-likeness (QED) is 0.179. The first-order valence-corrected chi connectivity index (χ1v) is 15.1. The first-order chi connectivity index (χ1) is 19.7. The zero-order chi connectivity index (χ0) is 28.4. The summed E-state index contributed by atoms with van der Waals surface area (Å²) >= 11 is 0. The van der Waals surface area contributed by atoms with E-state index in [1.807, 2.05) is 24.6 Å². The number of hydrogen-bond acceptors (Lipinski definition) is 4. The van der Waals surface area contributed by atoms with Gasteiger partial charge in [0, 0.05) is 50.0 Å². The van der Waals surface area contributed by atoms with Crippen LogP contribution >= 0.6 is 0 Å². The van der Waals surface area contributed by atoms with Gasteiger partial charge in [-0.2, -0.15) is 0 Å². The van der Waals surface area contributed by atoms with Crippen LogP contribution in [0.2, 0.25) is 0 Å². The van der Waals surface area contributed by atoms with Crippen LogP contribution in [0.15, 0.2) is 95.0 Å². The lowest BCUT2D eigenvalue weighted by Crippen LogP contribution is -2.26. The number of allylic oxidation sites excluding steroid dienone is 6. The van der Waals surface area contributed by atoms with Gasteiger partial charge >= 0.3 is 0 Å². The monoisotopic (exact) mass is 536 g/mol. The number of benzene rings is 2. The maximum absolute atomic E-state index is 4.84. The molecule has 4 nitrogen and oxygen atoms in total. The molecule has 212 valence electrons. The summed E-state index contributed by atoms with van der Waals surface area (Å²) in [5.74, 6) is 0. The van der Waals surface area contributed by atoms with Crippen molar-refractivity contribution >= 4 is 36.0 Å². The zero-order valence-electron chi connectivity index (χ0n) is 25.0. The first kappa shape index (κ1) is 30.9. The Balaban J connectivity index is 1.46. The number of anilines is 2. The van der Waals surface area contributed by atoms with E-state index in [4.69, 9.17) is 9.98 Å². The van der Waals surface area contributed by atoms with Gasteiger partial charge in [-0.1, -0.05) is 73.6 Å². The van der Waals surface area contributed by atoms with Crippen LogP contribution in [0.3, 0.4) is 0 Å². The summed E-state index contributed by atoms with van der Waals surface area (Å²) in [4.78, 5) is 14.4.